The molecule has 0 saturated heterocycles. The van der Waals surface area contributed by atoms with E-state index >= 15 is 0 Å². The zero-order chi connectivity index (χ0) is 13.5. The minimum Gasteiger partial charge on any atom is -0.354 e. The molecule has 0 radical (unpaired) electrons. The number of hydrogen-bond acceptors (Lipinski definition) is 3. The summed E-state index contributed by atoms with van der Waals surface area (Å²) in [7, 11) is -3.27. The van der Waals surface area contributed by atoms with Crippen molar-refractivity contribution in [3.05, 3.63) is 0 Å². The second-order valence-electron chi connectivity index (χ2n) is 4.68. The van der Waals surface area contributed by atoms with E-state index in [0.717, 1.165) is 19.1 Å². The molecule has 0 aliphatic rings. The summed E-state index contributed by atoms with van der Waals surface area (Å²) >= 11 is 5.50. The smallest absolute Gasteiger partial charge is 0.220 e. The lowest BCUT2D eigenvalue weighted by Crippen LogP contribution is -2.50. The van der Waals surface area contributed by atoms with Gasteiger partial charge in [0.15, 0.2) is 0 Å². The molecule has 0 saturated carbocycles. The lowest BCUT2D eigenvalue weighted by atomic mass is 10.1. The Morgan fingerprint density at radius 2 is 1.88 bits per heavy atom. The van der Waals surface area contributed by atoms with Crippen molar-refractivity contribution in [2.45, 2.75) is 38.6 Å². The van der Waals surface area contributed by atoms with Crippen LogP contribution in [0.15, 0.2) is 0 Å². The van der Waals surface area contributed by atoms with Gasteiger partial charge in [-0.1, -0.05) is 0 Å². The molecule has 0 spiro atoms. The number of carbonyl (C=O) groups is 1. The van der Waals surface area contributed by atoms with Gasteiger partial charge in [0.05, 0.1) is 6.26 Å². The van der Waals surface area contributed by atoms with Gasteiger partial charge in [-0.25, -0.2) is 13.1 Å². The lowest BCUT2D eigenvalue weighted by molar-refractivity contribution is -0.121. The van der Waals surface area contributed by atoms with Crippen LogP contribution in [0.3, 0.4) is 0 Å². The predicted molar refractivity (Wildman–Crippen MR) is 69.6 cm³/mol. The molecule has 0 aliphatic heterocycles. The molecule has 0 aromatic heterocycles. The fourth-order valence-corrected chi connectivity index (χ4v) is 2.59. The van der Waals surface area contributed by atoms with Crippen molar-refractivity contribution in [2.24, 2.45) is 0 Å². The van der Waals surface area contributed by atoms with Crippen LogP contribution in [0.1, 0.15) is 33.1 Å². The minimum absolute atomic E-state index is 0.0847. The predicted octanol–water partition coefficient (Wildman–Crippen LogP) is 0.839. The summed E-state index contributed by atoms with van der Waals surface area (Å²) in [4.78, 5) is 11.4. The number of sulfonamides is 1. The van der Waals surface area contributed by atoms with E-state index in [1.807, 2.05) is 0 Å². The van der Waals surface area contributed by atoms with E-state index in [0.29, 0.717) is 12.3 Å². The number of alkyl halides is 1. The van der Waals surface area contributed by atoms with Gasteiger partial charge in [0.1, 0.15) is 0 Å². The largest absolute Gasteiger partial charge is 0.354 e. The average molecular weight is 285 g/mol. The molecule has 0 aliphatic carbocycles. The van der Waals surface area contributed by atoms with Gasteiger partial charge in [-0.15, -0.1) is 11.6 Å². The van der Waals surface area contributed by atoms with Crippen LogP contribution in [-0.2, 0) is 14.8 Å². The van der Waals surface area contributed by atoms with Crippen molar-refractivity contribution in [1.82, 2.24) is 10.0 Å². The SMILES string of the molecule is CC(C)(CNC(=O)CCCCCl)NS(C)(=O)=O. The lowest BCUT2D eigenvalue weighted by Gasteiger charge is -2.25. The van der Waals surface area contributed by atoms with Crippen molar-refractivity contribution in [2.75, 3.05) is 18.7 Å². The summed E-state index contributed by atoms with van der Waals surface area (Å²) in [5.74, 6) is 0.465. The normalized spacial score (nSPS) is 12.5. The van der Waals surface area contributed by atoms with Crippen LogP contribution in [0.4, 0.5) is 0 Å². The first kappa shape index (κ1) is 16.7. The van der Waals surface area contributed by atoms with Gasteiger partial charge in [0, 0.05) is 24.4 Å². The van der Waals surface area contributed by atoms with Crippen molar-refractivity contribution >= 4 is 27.5 Å². The Balaban J connectivity index is 3.97. The molecule has 0 fully saturated rings. The van der Waals surface area contributed by atoms with Gasteiger partial charge < -0.3 is 5.32 Å². The van der Waals surface area contributed by atoms with Crippen LogP contribution in [0.2, 0.25) is 0 Å². The van der Waals surface area contributed by atoms with Crippen LogP contribution in [-0.4, -0.2) is 38.5 Å². The van der Waals surface area contributed by atoms with Crippen LogP contribution < -0.4 is 10.0 Å². The molecule has 0 aromatic carbocycles. The maximum absolute atomic E-state index is 11.4. The minimum atomic E-state index is -3.27. The Kier molecular flexibility index (Phi) is 7.04. The molecule has 0 bridgehead atoms. The summed E-state index contributed by atoms with van der Waals surface area (Å²) in [6.07, 6.45) is 3.06. The van der Waals surface area contributed by atoms with Gasteiger partial charge in [0.25, 0.3) is 0 Å². The molecule has 1 amide bonds. The van der Waals surface area contributed by atoms with Gasteiger partial charge in [0.2, 0.25) is 15.9 Å². The maximum atomic E-state index is 11.4. The Labute approximate surface area is 108 Å². The van der Waals surface area contributed by atoms with E-state index in [-0.39, 0.29) is 12.5 Å². The highest BCUT2D eigenvalue weighted by Crippen LogP contribution is 2.03. The van der Waals surface area contributed by atoms with E-state index in [9.17, 15) is 13.2 Å². The van der Waals surface area contributed by atoms with E-state index in [2.05, 4.69) is 10.0 Å². The van der Waals surface area contributed by atoms with Gasteiger partial charge in [-0.2, -0.15) is 0 Å². The van der Waals surface area contributed by atoms with E-state index in [4.69, 9.17) is 11.6 Å². The maximum Gasteiger partial charge on any atom is 0.220 e. The van der Waals surface area contributed by atoms with Crippen LogP contribution in [0.25, 0.3) is 0 Å². The Bertz CT molecular complexity index is 341. The molecule has 2 N–H and O–H groups in total. The highest BCUT2D eigenvalue weighted by Gasteiger charge is 2.22. The third-order valence-electron chi connectivity index (χ3n) is 1.98. The molecular formula is C10H21ClN2O3S. The summed E-state index contributed by atoms with van der Waals surface area (Å²) in [6.45, 7) is 3.69. The Morgan fingerprint density at radius 1 is 1.29 bits per heavy atom. The summed E-state index contributed by atoms with van der Waals surface area (Å²) in [5.41, 5.74) is -0.685. The number of carbonyl (C=O) groups excluding carboxylic acids is 1. The molecule has 102 valence electrons. The topological polar surface area (TPSA) is 75.3 Å². The Morgan fingerprint density at radius 3 is 2.35 bits per heavy atom. The summed E-state index contributed by atoms with van der Waals surface area (Å²) in [6, 6.07) is 0. The second-order valence-corrected chi connectivity index (χ2v) is 6.81. The number of amides is 1. The van der Waals surface area contributed by atoms with Crippen molar-refractivity contribution in [3.63, 3.8) is 0 Å². The number of unbranched alkanes of at least 4 members (excludes halogenated alkanes) is 1. The molecule has 7 heteroatoms. The standard InChI is InChI=1S/C10H21ClN2O3S/c1-10(2,13-17(3,15)16)8-12-9(14)6-4-5-7-11/h13H,4-8H2,1-3H3,(H,12,14). The number of hydrogen-bond donors (Lipinski definition) is 2. The Hall–Kier alpha value is -0.330. The fraction of sp³-hybridized carbons (Fsp3) is 0.900. The summed E-state index contributed by atoms with van der Waals surface area (Å²) < 4.78 is 24.6. The third-order valence-corrected chi connectivity index (χ3v) is 3.17. The fourth-order valence-electron chi connectivity index (χ4n) is 1.33. The highest BCUT2D eigenvalue weighted by molar-refractivity contribution is 7.88. The van der Waals surface area contributed by atoms with Gasteiger partial charge >= 0.3 is 0 Å². The monoisotopic (exact) mass is 284 g/mol. The average Bonchev–Trinajstić information content (AvgIpc) is 2.12. The van der Waals surface area contributed by atoms with Crippen molar-refractivity contribution in [1.29, 1.82) is 0 Å². The van der Waals surface area contributed by atoms with Crippen molar-refractivity contribution < 1.29 is 13.2 Å². The highest BCUT2D eigenvalue weighted by atomic mass is 35.5. The zero-order valence-electron chi connectivity index (χ0n) is 10.5. The number of nitrogens with one attached hydrogen (secondary N) is 2. The number of halogens is 1. The third kappa shape index (κ3) is 10.5. The molecule has 5 nitrogen and oxygen atoms in total. The molecule has 17 heavy (non-hydrogen) atoms. The first-order chi connectivity index (χ1) is 7.66. The molecule has 0 aromatic rings. The van der Waals surface area contributed by atoms with E-state index in [1.165, 1.54) is 0 Å². The van der Waals surface area contributed by atoms with Crippen LogP contribution in [0.5, 0.6) is 0 Å². The first-order valence-corrected chi connectivity index (χ1v) is 7.90. The summed E-state index contributed by atoms with van der Waals surface area (Å²) in [5, 5.41) is 2.70. The molecule has 0 unspecified atom stereocenters. The molecule has 0 heterocycles. The second kappa shape index (κ2) is 7.18. The van der Waals surface area contributed by atoms with Crippen LogP contribution in [0, 0.1) is 0 Å². The van der Waals surface area contributed by atoms with E-state index < -0.39 is 15.6 Å². The molecule has 0 atom stereocenters. The first-order valence-electron chi connectivity index (χ1n) is 5.48. The zero-order valence-corrected chi connectivity index (χ0v) is 12.1. The van der Waals surface area contributed by atoms with Gasteiger partial charge in [-0.3, -0.25) is 4.79 Å². The van der Waals surface area contributed by atoms with Gasteiger partial charge in [-0.05, 0) is 26.7 Å². The molecule has 0 rings (SSSR count). The van der Waals surface area contributed by atoms with Crippen molar-refractivity contribution in [3.8, 4) is 0 Å². The van der Waals surface area contributed by atoms with E-state index in [1.54, 1.807) is 13.8 Å². The van der Waals surface area contributed by atoms with Crippen LogP contribution >= 0.6 is 11.6 Å². The quantitative estimate of drug-likeness (QED) is 0.512. The number of rotatable bonds is 8. The molecular weight excluding hydrogens is 264 g/mol.